The normalized spacial score (nSPS) is 10.7. The van der Waals surface area contributed by atoms with Crippen LogP contribution in [-0.4, -0.2) is 41.6 Å². The van der Waals surface area contributed by atoms with Crippen molar-refractivity contribution >= 4 is 23.3 Å². The summed E-state index contributed by atoms with van der Waals surface area (Å²) in [6, 6.07) is 3.87. The van der Waals surface area contributed by atoms with E-state index in [-0.39, 0.29) is 12.4 Å². The van der Waals surface area contributed by atoms with Crippen molar-refractivity contribution in [3.05, 3.63) is 35.7 Å². The zero-order valence-corrected chi connectivity index (χ0v) is 15.0. The van der Waals surface area contributed by atoms with Crippen LogP contribution in [0.15, 0.2) is 34.3 Å². The van der Waals surface area contributed by atoms with Gasteiger partial charge in [-0.1, -0.05) is 6.07 Å². The van der Waals surface area contributed by atoms with E-state index < -0.39 is 0 Å². The Balaban J connectivity index is 1.96. The molecule has 3 heterocycles. The Labute approximate surface area is 149 Å². The summed E-state index contributed by atoms with van der Waals surface area (Å²) in [6.45, 7) is 2.10. The van der Waals surface area contributed by atoms with E-state index >= 15 is 0 Å². The van der Waals surface area contributed by atoms with Crippen LogP contribution in [-0.2, 0) is 16.0 Å². The van der Waals surface area contributed by atoms with Gasteiger partial charge in [-0.15, -0.1) is 11.3 Å². The summed E-state index contributed by atoms with van der Waals surface area (Å²) in [5.74, 6) is 1.11. The van der Waals surface area contributed by atoms with Crippen LogP contribution in [0.5, 0.6) is 0 Å². The maximum atomic E-state index is 11.9. The van der Waals surface area contributed by atoms with Crippen molar-refractivity contribution in [2.75, 3.05) is 25.6 Å². The molecule has 0 aromatic carbocycles. The summed E-state index contributed by atoms with van der Waals surface area (Å²) < 4.78 is 10.9. The highest BCUT2D eigenvalue weighted by Gasteiger charge is 2.20. The first kappa shape index (κ1) is 17.1. The quantitative estimate of drug-likeness (QED) is 0.626. The summed E-state index contributed by atoms with van der Waals surface area (Å²) >= 11 is 1.53. The van der Waals surface area contributed by atoms with E-state index in [0.717, 1.165) is 4.88 Å². The molecule has 130 valence electrons. The van der Waals surface area contributed by atoms with Gasteiger partial charge in [-0.3, -0.25) is 4.79 Å². The molecule has 0 unspecified atom stereocenters. The average Bonchev–Trinajstić information content (AvgIpc) is 3.24. The SMILES string of the molecule is CCOC(=O)Cc1oc(-c2cnc(N(C)C)nc2)nc1-c1cccs1. The van der Waals surface area contributed by atoms with Crippen LogP contribution in [0.4, 0.5) is 5.95 Å². The molecule has 3 aromatic heterocycles. The number of ether oxygens (including phenoxy) is 1. The van der Waals surface area contributed by atoms with Crippen molar-refractivity contribution in [2.24, 2.45) is 0 Å². The number of thiophene rings is 1. The first-order valence-corrected chi connectivity index (χ1v) is 8.65. The summed E-state index contributed by atoms with van der Waals surface area (Å²) in [5, 5.41) is 1.95. The highest BCUT2D eigenvalue weighted by atomic mass is 32.1. The zero-order valence-electron chi connectivity index (χ0n) is 14.2. The van der Waals surface area contributed by atoms with E-state index in [2.05, 4.69) is 15.0 Å². The van der Waals surface area contributed by atoms with Crippen LogP contribution in [0.1, 0.15) is 12.7 Å². The number of carbonyl (C=O) groups excluding carboxylic acids is 1. The van der Waals surface area contributed by atoms with Crippen molar-refractivity contribution < 1.29 is 13.9 Å². The van der Waals surface area contributed by atoms with E-state index in [0.29, 0.717) is 35.5 Å². The molecule has 3 rings (SSSR count). The minimum atomic E-state index is -0.345. The zero-order chi connectivity index (χ0) is 17.8. The Morgan fingerprint density at radius 3 is 2.68 bits per heavy atom. The molecule has 0 saturated heterocycles. The molecular formula is C17H18N4O3S. The fourth-order valence-corrected chi connectivity index (χ4v) is 2.94. The molecule has 25 heavy (non-hydrogen) atoms. The minimum Gasteiger partial charge on any atom is -0.466 e. The third-order valence-corrected chi connectivity index (χ3v) is 4.22. The number of rotatable bonds is 6. The van der Waals surface area contributed by atoms with E-state index in [9.17, 15) is 4.79 Å². The van der Waals surface area contributed by atoms with E-state index in [1.54, 1.807) is 19.3 Å². The molecule has 0 N–H and O–H groups in total. The monoisotopic (exact) mass is 358 g/mol. The van der Waals surface area contributed by atoms with Crippen molar-refractivity contribution in [1.29, 1.82) is 0 Å². The lowest BCUT2D eigenvalue weighted by molar-refractivity contribution is -0.142. The van der Waals surface area contributed by atoms with Crippen LogP contribution in [0, 0.1) is 0 Å². The number of oxazole rings is 1. The van der Waals surface area contributed by atoms with Crippen LogP contribution in [0.3, 0.4) is 0 Å². The fourth-order valence-electron chi connectivity index (χ4n) is 2.21. The molecule has 0 aliphatic rings. The van der Waals surface area contributed by atoms with Gasteiger partial charge in [0.15, 0.2) is 0 Å². The largest absolute Gasteiger partial charge is 0.466 e. The summed E-state index contributed by atoms with van der Waals surface area (Å²) in [7, 11) is 3.74. The fraction of sp³-hybridized carbons (Fsp3) is 0.294. The first-order valence-electron chi connectivity index (χ1n) is 7.77. The molecule has 0 aliphatic heterocycles. The summed E-state index contributed by atoms with van der Waals surface area (Å²) in [5.41, 5.74) is 1.30. The van der Waals surface area contributed by atoms with Crippen LogP contribution in [0.2, 0.25) is 0 Å². The Kier molecular flexibility index (Phi) is 5.08. The predicted molar refractivity (Wildman–Crippen MR) is 95.5 cm³/mol. The molecule has 0 aliphatic carbocycles. The second kappa shape index (κ2) is 7.43. The molecule has 0 bridgehead atoms. The van der Waals surface area contributed by atoms with Crippen molar-refractivity contribution in [2.45, 2.75) is 13.3 Å². The number of nitrogens with zero attached hydrogens (tertiary/aromatic N) is 4. The van der Waals surface area contributed by atoms with Crippen molar-refractivity contribution in [1.82, 2.24) is 15.0 Å². The Bertz CT molecular complexity index is 841. The van der Waals surface area contributed by atoms with E-state index in [1.807, 2.05) is 36.5 Å². The Hall–Kier alpha value is -2.74. The molecule has 0 amide bonds. The smallest absolute Gasteiger partial charge is 0.313 e. The van der Waals surface area contributed by atoms with E-state index in [4.69, 9.17) is 9.15 Å². The van der Waals surface area contributed by atoms with Crippen molar-refractivity contribution in [3.63, 3.8) is 0 Å². The number of anilines is 1. The van der Waals surface area contributed by atoms with Gasteiger partial charge in [0, 0.05) is 26.5 Å². The molecule has 7 nitrogen and oxygen atoms in total. The Morgan fingerprint density at radius 1 is 1.32 bits per heavy atom. The maximum Gasteiger partial charge on any atom is 0.313 e. The Morgan fingerprint density at radius 2 is 2.08 bits per heavy atom. The highest BCUT2D eigenvalue weighted by molar-refractivity contribution is 7.13. The van der Waals surface area contributed by atoms with Crippen LogP contribution >= 0.6 is 11.3 Å². The molecule has 0 spiro atoms. The molecule has 0 fully saturated rings. The number of hydrogen-bond donors (Lipinski definition) is 0. The van der Waals surface area contributed by atoms with Crippen LogP contribution in [0.25, 0.3) is 22.0 Å². The highest BCUT2D eigenvalue weighted by Crippen LogP contribution is 2.32. The third kappa shape index (κ3) is 3.85. The number of hydrogen-bond acceptors (Lipinski definition) is 8. The summed E-state index contributed by atoms with van der Waals surface area (Å²) in [6.07, 6.45) is 3.34. The van der Waals surface area contributed by atoms with Crippen molar-refractivity contribution in [3.8, 4) is 22.0 Å². The molecule has 3 aromatic rings. The number of carbonyl (C=O) groups is 1. The lowest BCUT2D eigenvalue weighted by Gasteiger charge is -2.08. The second-order valence-electron chi connectivity index (χ2n) is 5.42. The average molecular weight is 358 g/mol. The lowest BCUT2D eigenvalue weighted by Crippen LogP contribution is -2.12. The van der Waals surface area contributed by atoms with Gasteiger partial charge in [-0.25, -0.2) is 15.0 Å². The maximum absolute atomic E-state index is 11.9. The third-order valence-electron chi connectivity index (χ3n) is 3.35. The van der Waals surface area contributed by atoms with Gasteiger partial charge < -0.3 is 14.1 Å². The number of esters is 1. The molecule has 0 saturated carbocycles. The molecular weight excluding hydrogens is 340 g/mol. The summed E-state index contributed by atoms with van der Waals surface area (Å²) in [4.78, 5) is 27.7. The van der Waals surface area contributed by atoms with Gasteiger partial charge in [-0.2, -0.15) is 0 Å². The second-order valence-corrected chi connectivity index (χ2v) is 6.36. The predicted octanol–water partition coefficient (Wildman–Crippen LogP) is 3.03. The van der Waals surface area contributed by atoms with E-state index in [1.165, 1.54) is 11.3 Å². The van der Waals surface area contributed by atoms with Gasteiger partial charge in [0.1, 0.15) is 17.9 Å². The van der Waals surface area contributed by atoms with Gasteiger partial charge in [0.25, 0.3) is 0 Å². The van der Waals surface area contributed by atoms with Gasteiger partial charge in [0.2, 0.25) is 11.8 Å². The lowest BCUT2D eigenvalue weighted by atomic mass is 10.2. The topological polar surface area (TPSA) is 81.4 Å². The minimum absolute atomic E-state index is 0.0325. The molecule has 8 heteroatoms. The van der Waals surface area contributed by atoms with Crippen LogP contribution < -0.4 is 4.90 Å². The number of aromatic nitrogens is 3. The van der Waals surface area contributed by atoms with Gasteiger partial charge in [-0.05, 0) is 18.4 Å². The first-order chi connectivity index (χ1) is 12.1. The molecule has 0 radical (unpaired) electrons. The van der Waals surface area contributed by atoms with Gasteiger partial charge >= 0.3 is 5.97 Å². The molecule has 0 atom stereocenters. The standard InChI is InChI=1S/C17H18N4O3S/c1-4-23-14(22)8-12-15(13-6-5-7-25-13)20-16(24-12)11-9-18-17(19-10-11)21(2)3/h5-7,9-10H,4,8H2,1-3H3. The van der Waals surface area contributed by atoms with Gasteiger partial charge in [0.05, 0.1) is 17.0 Å².